The predicted molar refractivity (Wildman–Crippen MR) is 78.1 cm³/mol. The van der Waals surface area contributed by atoms with E-state index < -0.39 is 0 Å². The van der Waals surface area contributed by atoms with Gasteiger partial charge in [0.05, 0.1) is 0 Å². The Labute approximate surface area is 114 Å². The zero-order valence-corrected chi connectivity index (χ0v) is 12.7. The summed E-state index contributed by atoms with van der Waals surface area (Å²) in [5, 5.41) is 8.34. The van der Waals surface area contributed by atoms with E-state index in [9.17, 15) is 0 Å². The van der Waals surface area contributed by atoms with E-state index in [2.05, 4.69) is 20.8 Å². The van der Waals surface area contributed by atoms with Gasteiger partial charge < -0.3 is 14.6 Å². The molecule has 0 spiro atoms. The van der Waals surface area contributed by atoms with Gasteiger partial charge in [0.25, 0.3) is 0 Å². The molecule has 0 fully saturated rings. The molecule has 0 aromatic heterocycles. The quantitative estimate of drug-likeness (QED) is 0.544. The van der Waals surface area contributed by atoms with E-state index >= 15 is 0 Å². The van der Waals surface area contributed by atoms with Crippen LogP contribution >= 0.6 is 0 Å². The molecule has 0 saturated heterocycles. The largest absolute Gasteiger partial charge is 0.396 e. The minimum absolute atomic E-state index is 0.242. The monoisotopic (exact) mass is 262 g/mol. The lowest BCUT2D eigenvalue weighted by Crippen LogP contribution is -1.98. The minimum atomic E-state index is 0.242. The highest BCUT2D eigenvalue weighted by molar-refractivity contribution is 4.34. The summed E-state index contributed by atoms with van der Waals surface area (Å²) in [6, 6.07) is 0. The normalized spacial score (nSPS) is 10.0. The van der Waals surface area contributed by atoms with Gasteiger partial charge in [-0.25, -0.2) is 0 Å². The molecule has 0 saturated carbocycles. The summed E-state index contributed by atoms with van der Waals surface area (Å²) in [5.74, 6) is 0. The lowest BCUT2D eigenvalue weighted by Gasteiger charge is -1.99. The third-order valence-electron chi connectivity index (χ3n) is 2.37. The summed E-state index contributed by atoms with van der Waals surface area (Å²) in [6.07, 6.45) is 7.99. The highest BCUT2D eigenvalue weighted by Gasteiger charge is 1.85. The number of hydrogen-bond acceptors (Lipinski definition) is 3. The van der Waals surface area contributed by atoms with Gasteiger partial charge in [-0.15, -0.1) is 0 Å². The van der Waals surface area contributed by atoms with Crippen molar-refractivity contribution in [3.63, 3.8) is 0 Å². The number of hydrogen-bond donors (Lipinski definition) is 1. The van der Waals surface area contributed by atoms with Crippen molar-refractivity contribution in [2.24, 2.45) is 0 Å². The first-order chi connectivity index (χ1) is 8.83. The molecule has 3 heteroatoms. The molecule has 18 heavy (non-hydrogen) atoms. The zero-order valence-electron chi connectivity index (χ0n) is 12.7. The van der Waals surface area contributed by atoms with E-state index in [1.165, 1.54) is 32.1 Å². The molecule has 0 aliphatic carbocycles. The molecule has 0 atom stereocenters. The summed E-state index contributed by atoms with van der Waals surface area (Å²) < 4.78 is 10.5. The first-order valence-corrected chi connectivity index (χ1v) is 7.59. The summed E-state index contributed by atoms with van der Waals surface area (Å²) in [4.78, 5) is 0. The Morgan fingerprint density at radius 3 is 1.22 bits per heavy atom. The van der Waals surface area contributed by atoms with Gasteiger partial charge in [-0.05, 0) is 25.7 Å². The van der Waals surface area contributed by atoms with Gasteiger partial charge in [-0.2, -0.15) is 0 Å². The maximum absolute atomic E-state index is 8.34. The van der Waals surface area contributed by atoms with Gasteiger partial charge in [0, 0.05) is 33.0 Å². The number of aliphatic hydroxyl groups is 1. The average Bonchev–Trinajstić information content (AvgIpc) is 2.39. The van der Waals surface area contributed by atoms with E-state index in [0.29, 0.717) is 6.61 Å². The second-order valence-corrected chi connectivity index (χ2v) is 4.36. The van der Waals surface area contributed by atoms with Gasteiger partial charge in [-0.3, -0.25) is 0 Å². The fraction of sp³-hybridized carbons (Fsp3) is 1.00. The van der Waals surface area contributed by atoms with Crippen LogP contribution in [-0.4, -0.2) is 38.1 Å². The Morgan fingerprint density at radius 2 is 0.944 bits per heavy atom. The first kappa shape index (κ1) is 20.2. The number of rotatable bonds is 12. The van der Waals surface area contributed by atoms with Crippen LogP contribution in [0.25, 0.3) is 0 Å². The fourth-order valence-corrected chi connectivity index (χ4v) is 1.11. The molecule has 0 heterocycles. The Hall–Kier alpha value is -0.120. The van der Waals surface area contributed by atoms with Crippen LogP contribution < -0.4 is 0 Å². The SMILES string of the molecule is CCCCOCCCC.CCCCOCCCO. The summed E-state index contributed by atoms with van der Waals surface area (Å²) >= 11 is 0. The lowest BCUT2D eigenvalue weighted by atomic mass is 10.3. The second kappa shape index (κ2) is 22.1. The molecule has 0 aliphatic rings. The lowest BCUT2D eigenvalue weighted by molar-refractivity contribution is 0.114. The molecule has 0 radical (unpaired) electrons. The van der Waals surface area contributed by atoms with E-state index in [1.54, 1.807) is 0 Å². The summed E-state index contributed by atoms with van der Waals surface area (Å²) in [7, 11) is 0. The van der Waals surface area contributed by atoms with Crippen molar-refractivity contribution in [2.45, 2.75) is 65.7 Å². The van der Waals surface area contributed by atoms with Crippen molar-refractivity contribution in [1.82, 2.24) is 0 Å². The average molecular weight is 262 g/mol. The Balaban J connectivity index is 0. The smallest absolute Gasteiger partial charge is 0.0487 e. The Bertz CT molecular complexity index is 92.3. The van der Waals surface area contributed by atoms with Gasteiger partial charge in [0.15, 0.2) is 0 Å². The van der Waals surface area contributed by atoms with Crippen molar-refractivity contribution >= 4 is 0 Å². The van der Waals surface area contributed by atoms with Crippen LogP contribution in [0.1, 0.15) is 65.7 Å². The maximum atomic E-state index is 8.34. The van der Waals surface area contributed by atoms with E-state index in [4.69, 9.17) is 14.6 Å². The highest BCUT2D eigenvalue weighted by Crippen LogP contribution is 1.91. The van der Waals surface area contributed by atoms with Crippen LogP contribution in [0.2, 0.25) is 0 Å². The summed E-state index contributed by atoms with van der Waals surface area (Å²) in [5.41, 5.74) is 0. The van der Waals surface area contributed by atoms with Crippen LogP contribution in [0.5, 0.6) is 0 Å². The predicted octanol–water partition coefficient (Wildman–Crippen LogP) is 3.79. The standard InChI is InChI=1S/C8H18O.C7H16O2/c1-3-5-7-9-8-6-4-2;1-2-3-6-9-7-4-5-8/h3-8H2,1-2H3;8H,2-7H2,1H3. The number of unbranched alkanes of at least 4 members (excludes halogenated alkanes) is 3. The first-order valence-electron chi connectivity index (χ1n) is 7.59. The number of aliphatic hydroxyl groups excluding tert-OH is 1. The van der Waals surface area contributed by atoms with Crippen LogP contribution in [0.3, 0.4) is 0 Å². The third-order valence-corrected chi connectivity index (χ3v) is 2.37. The van der Waals surface area contributed by atoms with E-state index in [-0.39, 0.29) is 6.61 Å². The fourth-order valence-electron chi connectivity index (χ4n) is 1.11. The molecule has 1 N–H and O–H groups in total. The van der Waals surface area contributed by atoms with Crippen LogP contribution in [-0.2, 0) is 9.47 Å². The molecule has 0 aromatic carbocycles. The topological polar surface area (TPSA) is 38.7 Å². The molecule has 0 rings (SSSR count). The van der Waals surface area contributed by atoms with Crippen LogP contribution in [0.15, 0.2) is 0 Å². The van der Waals surface area contributed by atoms with E-state index in [1.807, 2.05) is 0 Å². The zero-order chi connectivity index (χ0) is 13.9. The molecular formula is C15H34O3. The Morgan fingerprint density at radius 1 is 0.611 bits per heavy atom. The molecule has 3 nitrogen and oxygen atoms in total. The van der Waals surface area contributed by atoms with Gasteiger partial charge in [0.1, 0.15) is 0 Å². The molecule has 0 aromatic rings. The van der Waals surface area contributed by atoms with Gasteiger partial charge >= 0.3 is 0 Å². The minimum Gasteiger partial charge on any atom is -0.396 e. The van der Waals surface area contributed by atoms with Gasteiger partial charge in [0.2, 0.25) is 0 Å². The second-order valence-electron chi connectivity index (χ2n) is 4.36. The number of ether oxygens (including phenoxy) is 2. The van der Waals surface area contributed by atoms with Crippen LogP contribution in [0.4, 0.5) is 0 Å². The van der Waals surface area contributed by atoms with Crippen molar-refractivity contribution in [3.8, 4) is 0 Å². The molecule has 0 amide bonds. The van der Waals surface area contributed by atoms with E-state index in [0.717, 1.165) is 32.7 Å². The van der Waals surface area contributed by atoms with Crippen molar-refractivity contribution in [3.05, 3.63) is 0 Å². The molecule has 0 bridgehead atoms. The van der Waals surface area contributed by atoms with Crippen molar-refractivity contribution in [2.75, 3.05) is 33.0 Å². The molecule has 112 valence electrons. The third kappa shape index (κ3) is 24.9. The van der Waals surface area contributed by atoms with Gasteiger partial charge in [-0.1, -0.05) is 40.0 Å². The molecule has 0 aliphatic heterocycles. The molecule has 0 unspecified atom stereocenters. The van der Waals surface area contributed by atoms with Crippen LogP contribution in [0, 0.1) is 0 Å². The maximum Gasteiger partial charge on any atom is 0.0487 e. The Kier molecular flexibility index (Phi) is 24.8. The van der Waals surface area contributed by atoms with Crippen molar-refractivity contribution in [1.29, 1.82) is 0 Å². The van der Waals surface area contributed by atoms with Crippen molar-refractivity contribution < 1.29 is 14.6 Å². The molecular weight excluding hydrogens is 228 g/mol. The summed E-state index contributed by atoms with van der Waals surface area (Å²) in [6.45, 7) is 10.2. The highest BCUT2D eigenvalue weighted by atomic mass is 16.5.